The van der Waals surface area contributed by atoms with E-state index in [2.05, 4.69) is 15.6 Å². The first kappa shape index (κ1) is 25.3. The molecule has 3 N–H and O–H groups in total. The second kappa shape index (κ2) is 11.4. The summed E-state index contributed by atoms with van der Waals surface area (Å²) in [6.07, 6.45) is 2.21. The van der Waals surface area contributed by atoms with Gasteiger partial charge in [0.1, 0.15) is 6.04 Å². The van der Waals surface area contributed by atoms with Crippen molar-refractivity contribution in [2.24, 2.45) is 0 Å². The fourth-order valence-corrected chi connectivity index (χ4v) is 4.89. The van der Waals surface area contributed by atoms with Crippen LogP contribution in [0.3, 0.4) is 0 Å². The Balaban J connectivity index is 1.48. The van der Waals surface area contributed by atoms with Gasteiger partial charge in [-0.25, -0.2) is 0 Å². The minimum absolute atomic E-state index is 0.245. The van der Waals surface area contributed by atoms with Crippen molar-refractivity contribution in [1.29, 1.82) is 0 Å². The van der Waals surface area contributed by atoms with Crippen LogP contribution in [0.1, 0.15) is 28.2 Å². The summed E-state index contributed by atoms with van der Waals surface area (Å²) in [5.74, 6) is -1.12. The Kier molecular flexibility index (Phi) is 7.57. The van der Waals surface area contributed by atoms with E-state index in [1.165, 1.54) is 0 Å². The molecule has 38 heavy (non-hydrogen) atoms. The monoisotopic (exact) mass is 521 g/mol. The van der Waals surface area contributed by atoms with Gasteiger partial charge in [-0.05, 0) is 47.4 Å². The van der Waals surface area contributed by atoms with Gasteiger partial charge in [0.15, 0.2) is 0 Å². The molecule has 0 fully saturated rings. The first-order valence-corrected chi connectivity index (χ1v) is 12.9. The number of para-hydroxylation sites is 1. The zero-order valence-corrected chi connectivity index (χ0v) is 21.7. The van der Waals surface area contributed by atoms with Crippen LogP contribution in [0.4, 0.5) is 5.69 Å². The van der Waals surface area contributed by atoms with Crippen molar-refractivity contribution >= 4 is 40.0 Å². The minimum atomic E-state index is -0.824. The van der Waals surface area contributed by atoms with E-state index < -0.39 is 12.0 Å². The third-order valence-electron chi connectivity index (χ3n) is 6.72. The molecule has 5 nitrogen and oxygen atoms in total. The highest BCUT2D eigenvalue weighted by Gasteiger charge is 2.29. The lowest BCUT2D eigenvalue weighted by molar-refractivity contribution is -0.126. The number of nitrogens with one attached hydrogen (secondary N) is 3. The number of halogens is 1. The van der Waals surface area contributed by atoms with E-state index >= 15 is 0 Å². The number of carbonyl (C=O) groups excluding carboxylic acids is 2. The quantitative estimate of drug-likeness (QED) is 0.214. The second-order valence-electron chi connectivity index (χ2n) is 9.33. The van der Waals surface area contributed by atoms with Gasteiger partial charge in [0.05, 0.1) is 5.92 Å². The Hall–Kier alpha value is -4.35. The van der Waals surface area contributed by atoms with Gasteiger partial charge in [0.2, 0.25) is 11.8 Å². The summed E-state index contributed by atoms with van der Waals surface area (Å²) in [6, 6.07) is 31.7. The molecule has 0 aliphatic carbocycles. The van der Waals surface area contributed by atoms with Crippen LogP contribution < -0.4 is 10.6 Å². The molecule has 0 saturated carbocycles. The maximum Gasteiger partial charge on any atom is 0.247 e. The number of fused-ring (bicyclic) bond motifs is 1. The summed E-state index contributed by atoms with van der Waals surface area (Å²) < 4.78 is 0. The number of hydrogen-bond donors (Lipinski definition) is 3. The smallest absolute Gasteiger partial charge is 0.247 e. The molecular weight excluding hydrogens is 494 g/mol. The Bertz CT molecular complexity index is 1520. The molecule has 1 heterocycles. The van der Waals surface area contributed by atoms with Crippen molar-refractivity contribution in [3.63, 3.8) is 0 Å². The highest BCUT2D eigenvalue weighted by molar-refractivity contribution is 6.31. The SMILES string of the molecule is Cc1ccc(Cl)cc1NC(=O)[C@H](Cc1c[nH]c2ccccc12)NC(=O)C(c1ccccc1)c1ccccc1. The highest BCUT2D eigenvalue weighted by Crippen LogP contribution is 2.26. The number of aromatic nitrogens is 1. The molecular formula is C32H28ClN3O2. The Morgan fingerprint density at radius 3 is 2.13 bits per heavy atom. The topological polar surface area (TPSA) is 74.0 Å². The lowest BCUT2D eigenvalue weighted by Crippen LogP contribution is -2.47. The molecule has 5 rings (SSSR count). The summed E-state index contributed by atoms with van der Waals surface area (Å²) in [7, 11) is 0. The van der Waals surface area contributed by atoms with Gasteiger partial charge in [-0.1, -0.05) is 96.5 Å². The van der Waals surface area contributed by atoms with Crippen molar-refractivity contribution in [1.82, 2.24) is 10.3 Å². The molecule has 0 aliphatic heterocycles. The highest BCUT2D eigenvalue weighted by atomic mass is 35.5. The molecule has 0 unspecified atom stereocenters. The standard InChI is InChI=1S/C32H28ClN3O2/c1-21-16-17-25(33)19-28(21)35-31(37)29(18-24-20-34-27-15-9-8-14-26(24)27)36-32(38)30(22-10-4-2-5-11-22)23-12-6-3-7-13-23/h2-17,19-20,29-30,34H,18H2,1H3,(H,35,37)(H,36,38)/t29-/m0/s1. The van der Waals surface area contributed by atoms with Crippen LogP contribution in [-0.2, 0) is 16.0 Å². The summed E-state index contributed by atoms with van der Waals surface area (Å²) in [5, 5.41) is 7.60. The third-order valence-corrected chi connectivity index (χ3v) is 6.95. The van der Waals surface area contributed by atoms with Crippen LogP contribution in [0, 0.1) is 6.92 Å². The number of H-pyrrole nitrogens is 1. The lowest BCUT2D eigenvalue weighted by Gasteiger charge is -2.23. The van der Waals surface area contributed by atoms with Crippen LogP contribution in [0.5, 0.6) is 0 Å². The maximum absolute atomic E-state index is 13.9. The van der Waals surface area contributed by atoms with E-state index in [4.69, 9.17) is 11.6 Å². The van der Waals surface area contributed by atoms with Crippen molar-refractivity contribution in [2.75, 3.05) is 5.32 Å². The third kappa shape index (κ3) is 5.63. The second-order valence-corrected chi connectivity index (χ2v) is 9.76. The lowest BCUT2D eigenvalue weighted by atomic mass is 9.90. The van der Waals surface area contributed by atoms with E-state index in [-0.39, 0.29) is 11.8 Å². The number of carbonyl (C=O) groups is 2. The predicted octanol–water partition coefficient (Wildman–Crippen LogP) is 6.63. The van der Waals surface area contributed by atoms with E-state index in [0.29, 0.717) is 17.1 Å². The number of benzene rings is 4. The number of aryl methyl sites for hydroxylation is 1. The predicted molar refractivity (Wildman–Crippen MR) is 153 cm³/mol. The molecule has 0 aliphatic rings. The normalized spacial score (nSPS) is 11.9. The van der Waals surface area contributed by atoms with E-state index in [1.54, 1.807) is 12.1 Å². The molecule has 5 aromatic rings. The van der Waals surface area contributed by atoms with Crippen LogP contribution in [-0.4, -0.2) is 22.8 Å². The van der Waals surface area contributed by atoms with Gasteiger partial charge in [-0.2, -0.15) is 0 Å². The van der Waals surface area contributed by atoms with Gasteiger partial charge >= 0.3 is 0 Å². The van der Waals surface area contributed by atoms with Crippen molar-refractivity contribution < 1.29 is 9.59 Å². The molecule has 0 saturated heterocycles. The molecule has 2 amide bonds. The average Bonchev–Trinajstić information content (AvgIpc) is 3.34. The largest absolute Gasteiger partial charge is 0.361 e. The summed E-state index contributed by atoms with van der Waals surface area (Å²) in [4.78, 5) is 30.9. The van der Waals surface area contributed by atoms with Crippen LogP contribution in [0.25, 0.3) is 10.9 Å². The van der Waals surface area contributed by atoms with E-state index in [1.807, 2.05) is 104 Å². The van der Waals surface area contributed by atoms with E-state index in [0.717, 1.165) is 33.2 Å². The summed E-state index contributed by atoms with van der Waals surface area (Å²) in [5.41, 5.74) is 5.13. The zero-order chi connectivity index (χ0) is 26.5. The Morgan fingerprint density at radius 1 is 0.816 bits per heavy atom. The fraction of sp³-hybridized carbons (Fsp3) is 0.125. The number of hydrogen-bond acceptors (Lipinski definition) is 2. The van der Waals surface area contributed by atoms with Crippen molar-refractivity contribution in [3.8, 4) is 0 Å². The zero-order valence-electron chi connectivity index (χ0n) is 20.9. The summed E-state index contributed by atoms with van der Waals surface area (Å²) >= 11 is 6.20. The minimum Gasteiger partial charge on any atom is -0.361 e. The fourth-order valence-electron chi connectivity index (χ4n) is 4.72. The molecule has 190 valence electrons. The Labute approximate surface area is 226 Å². The van der Waals surface area contributed by atoms with Crippen molar-refractivity contribution in [3.05, 3.63) is 137 Å². The number of aromatic amines is 1. The van der Waals surface area contributed by atoms with E-state index in [9.17, 15) is 9.59 Å². The molecule has 6 heteroatoms. The Morgan fingerprint density at radius 2 is 1.45 bits per heavy atom. The molecule has 0 bridgehead atoms. The number of rotatable bonds is 8. The van der Waals surface area contributed by atoms with Crippen LogP contribution in [0.2, 0.25) is 5.02 Å². The van der Waals surface area contributed by atoms with Gasteiger partial charge in [-0.15, -0.1) is 0 Å². The molecule has 0 spiro atoms. The van der Waals surface area contributed by atoms with Gasteiger partial charge in [0.25, 0.3) is 0 Å². The number of anilines is 1. The van der Waals surface area contributed by atoms with Gasteiger partial charge in [-0.3, -0.25) is 9.59 Å². The first-order valence-electron chi connectivity index (χ1n) is 12.5. The van der Waals surface area contributed by atoms with Gasteiger partial charge in [0, 0.05) is 34.2 Å². The molecule has 1 aromatic heterocycles. The summed E-state index contributed by atoms with van der Waals surface area (Å²) in [6.45, 7) is 1.90. The van der Waals surface area contributed by atoms with Crippen LogP contribution >= 0.6 is 11.6 Å². The van der Waals surface area contributed by atoms with Crippen LogP contribution in [0.15, 0.2) is 109 Å². The molecule has 0 radical (unpaired) electrons. The number of amides is 2. The maximum atomic E-state index is 13.9. The van der Waals surface area contributed by atoms with Gasteiger partial charge < -0.3 is 15.6 Å². The average molecular weight is 522 g/mol. The molecule has 1 atom stereocenters. The van der Waals surface area contributed by atoms with Crippen molar-refractivity contribution in [2.45, 2.75) is 25.3 Å². The first-order chi connectivity index (χ1) is 18.5. The molecule has 4 aromatic carbocycles.